The van der Waals surface area contributed by atoms with Gasteiger partial charge in [0.1, 0.15) is 0 Å². The molecule has 154 valence electrons. The van der Waals surface area contributed by atoms with Gasteiger partial charge >= 0.3 is 5.97 Å². The van der Waals surface area contributed by atoms with Crippen LogP contribution >= 0.6 is 23.2 Å². The SMILES string of the molecule is C[C@H](OC(=O)c1cc([N+](=O)[O-])ccc1NCCO)C(=O)Nc1cc(Cl)ccc1Cl. The molecule has 29 heavy (non-hydrogen) atoms. The fraction of sp³-hybridized carbons (Fsp3) is 0.222. The Kier molecular flexibility index (Phi) is 7.77. The van der Waals surface area contributed by atoms with E-state index >= 15 is 0 Å². The fourth-order valence-corrected chi connectivity index (χ4v) is 2.60. The lowest BCUT2D eigenvalue weighted by Crippen LogP contribution is -2.30. The summed E-state index contributed by atoms with van der Waals surface area (Å²) in [6, 6.07) is 8.04. The first kappa shape index (κ1) is 22.4. The van der Waals surface area contributed by atoms with E-state index in [0.717, 1.165) is 6.07 Å². The van der Waals surface area contributed by atoms with E-state index < -0.39 is 22.9 Å². The number of aliphatic hydroxyl groups excluding tert-OH is 1. The maximum absolute atomic E-state index is 12.5. The van der Waals surface area contributed by atoms with E-state index in [1.54, 1.807) is 6.07 Å². The average molecular weight is 442 g/mol. The Morgan fingerprint density at radius 3 is 2.59 bits per heavy atom. The highest BCUT2D eigenvalue weighted by Crippen LogP contribution is 2.26. The molecule has 0 saturated heterocycles. The molecule has 0 radical (unpaired) electrons. The van der Waals surface area contributed by atoms with E-state index in [0.29, 0.717) is 5.02 Å². The van der Waals surface area contributed by atoms with Crippen molar-refractivity contribution in [1.82, 2.24) is 0 Å². The van der Waals surface area contributed by atoms with Crippen molar-refractivity contribution < 1.29 is 24.4 Å². The van der Waals surface area contributed by atoms with E-state index in [2.05, 4.69) is 10.6 Å². The number of nitro benzene ring substituents is 1. The molecule has 2 rings (SSSR count). The number of nitrogens with zero attached hydrogens (tertiary/aromatic N) is 1. The second-order valence-electron chi connectivity index (χ2n) is 5.80. The monoisotopic (exact) mass is 441 g/mol. The molecule has 0 aromatic heterocycles. The molecule has 0 fully saturated rings. The van der Waals surface area contributed by atoms with Gasteiger partial charge in [-0.25, -0.2) is 4.79 Å². The molecule has 0 aliphatic heterocycles. The normalized spacial score (nSPS) is 11.4. The van der Waals surface area contributed by atoms with Crippen LogP contribution in [-0.2, 0) is 9.53 Å². The number of carbonyl (C=O) groups excluding carboxylic acids is 2. The van der Waals surface area contributed by atoms with Crippen molar-refractivity contribution in [2.75, 3.05) is 23.8 Å². The number of non-ortho nitro benzene ring substituents is 1. The van der Waals surface area contributed by atoms with Crippen molar-refractivity contribution in [1.29, 1.82) is 0 Å². The molecule has 0 spiro atoms. The summed E-state index contributed by atoms with van der Waals surface area (Å²) < 4.78 is 5.14. The minimum Gasteiger partial charge on any atom is -0.449 e. The van der Waals surface area contributed by atoms with Gasteiger partial charge in [0, 0.05) is 29.4 Å². The first-order chi connectivity index (χ1) is 13.7. The van der Waals surface area contributed by atoms with Crippen LogP contribution in [0.4, 0.5) is 17.1 Å². The number of nitrogens with one attached hydrogen (secondary N) is 2. The van der Waals surface area contributed by atoms with Gasteiger partial charge in [0.05, 0.1) is 27.8 Å². The molecule has 3 N–H and O–H groups in total. The zero-order valence-electron chi connectivity index (χ0n) is 15.1. The minimum atomic E-state index is -1.23. The highest BCUT2D eigenvalue weighted by Gasteiger charge is 2.23. The number of amides is 1. The third-order valence-corrected chi connectivity index (χ3v) is 4.27. The van der Waals surface area contributed by atoms with Gasteiger partial charge < -0.3 is 20.5 Å². The van der Waals surface area contributed by atoms with Crippen molar-refractivity contribution >= 4 is 52.1 Å². The summed E-state index contributed by atoms with van der Waals surface area (Å²) in [6.45, 7) is 1.23. The molecule has 1 amide bonds. The van der Waals surface area contributed by atoms with Crippen molar-refractivity contribution in [2.24, 2.45) is 0 Å². The highest BCUT2D eigenvalue weighted by molar-refractivity contribution is 6.35. The third-order valence-electron chi connectivity index (χ3n) is 3.70. The number of nitro groups is 1. The zero-order valence-corrected chi connectivity index (χ0v) is 16.7. The van der Waals surface area contributed by atoms with Gasteiger partial charge in [-0.05, 0) is 31.2 Å². The molecule has 0 aliphatic carbocycles. The predicted octanol–water partition coefficient (Wildman–Crippen LogP) is 3.49. The number of benzene rings is 2. The molecule has 0 aliphatic rings. The number of anilines is 2. The second-order valence-corrected chi connectivity index (χ2v) is 6.64. The lowest BCUT2D eigenvalue weighted by atomic mass is 10.1. The van der Waals surface area contributed by atoms with Crippen molar-refractivity contribution in [3.8, 4) is 0 Å². The molecule has 2 aromatic carbocycles. The first-order valence-electron chi connectivity index (χ1n) is 8.33. The third kappa shape index (κ3) is 6.05. The largest absolute Gasteiger partial charge is 0.449 e. The molecule has 2 aromatic rings. The smallest absolute Gasteiger partial charge is 0.341 e. The molecule has 0 saturated carbocycles. The summed E-state index contributed by atoms with van der Waals surface area (Å²) >= 11 is 11.9. The number of ether oxygens (including phenoxy) is 1. The summed E-state index contributed by atoms with van der Waals surface area (Å²) in [7, 11) is 0. The number of carbonyl (C=O) groups is 2. The topological polar surface area (TPSA) is 131 Å². The lowest BCUT2D eigenvalue weighted by molar-refractivity contribution is -0.384. The Morgan fingerprint density at radius 1 is 1.21 bits per heavy atom. The van der Waals surface area contributed by atoms with Crippen molar-refractivity contribution in [2.45, 2.75) is 13.0 Å². The zero-order chi connectivity index (χ0) is 21.6. The number of halogens is 2. The minimum absolute atomic E-state index is 0.112. The Balaban J connectivity index is 2.17. The summed E-state index contributed by atoms with van der Waals surface area (Å²) in [4.78, 5) is 35.2. The number of hydrogen-bond acceptors (Lipinski definition) is 7. The standard InChI is InChI=1S/C18H17Cl2N3O6/c1-10(17(25)22-16-8-11(19)2-4-14(16)20)29-18(26)13-9-12(23(27)28)3-5-15(13)21-6-7-24/h2-5,8-10,21,24H,6-7H2,1H3,(H,22,25)/t10-/m0/s1. The Labute approximate surface area is 175 Å². The number of rotatable bonds is 8. The van der Waals surface area contributed by atoms with Crippen LogP contribution < -0.4 is 10.6 Å². The van der Waals surface area contributed by atoms with Crippen LogP contribution in [0.3, 0.4) is 0 Å². The van der Waals surface area contributed by atoms with E-state index in [1.807, 2.05) is 0 Å². The average Bonchev–Trinajstić information content (AvgIpc) is 2.68. The lowest BCUT2D eigenvalue weighted by Gasteiger charge is -2.16. The summed E-state index contributed by atoms with van der Waals surface area (Å²) in [5, 5.41) is 25.8. The number of esters is 1. The highest BCUT2D eigenvalue weighted by atomic mass is 35.5. The van der Waals surface area contributed by atoms with Crippen molar-refractivity contribution in [3.63, 3.8) is 0 Å². The van der Waals surface area contributed by atoms with Gasteiger partial charge in [-0.2, -0.15) is 0 Å². The van der Waals surface area contributed by atoms with Crippen LogP contribution in [0.1, 0.15) is 17.3 Å². The van der Waals surface area contributed by atoms with Crippen LogP contribution in [0.25, 0.3) is 0 Å². The molecule has 0 bridgehead atoms. The van der Waals surface area contributed by atoms with Crippen LogP contribution in [-0.4, -0.2) is 41.2 Å². The number of aliphatic hydroxyl groups is 1. The number of hydrogen-bond donors (Lipinski definition) is 3. The van der Waals surface area contributed by atoms with Gasteiger partial charge in [0.15, 0.2) is 6.10 Å². The van der Waals surface area contributed by atoms with Crippen LogP contribution in [0.5, 0.6) is 0 Å². The van der Waals surface area contributed by atoms with Gasteiger partial charge in [0.2, 0.25) is 0 Å². The fourth-order valence-electron chi connectivity index (χ4n) is 2.26. The van der Waals surface area contributed by atoms with Gasteiger partial charge in [-0.15, -0.1) is 0 Å². The van der Waals surface area contributed by atoms with E-state index in [1.165, 1.54) is 31.2 Å². The van der Waals surface area contributed by atoms with E-state index in [-0.39, 0.29) is 40.8 Å². The Morgan fingerprint density at radius 2 is 1.93 bits per heavy atom. The van der Waals surface area contributed by atoms with Gasteiger partial charge in [-0.1, -0.05) is 23.2 Å². The van der Waals surface area contributed by atoms with E-state index in [9.17, 15) is 19.7 Å². The molecule has 0 heterocycles. The van der Waals surface area contributed by atoms with Crippen LogP contribution in [0.2, 0.25) is 10.0 Å². The molecular formula is C18H17Cl2N3O6. The Bertz CT molecular complexity index is 938. The molecule has 1 atom stereocenters. The molecular weight excluding hydrogens is 425 g/mol. The summed E-state index contributed by atoms with van der Waals surface area (Å²) in [6.07, 6.45) is -1.23. The van der Waals surface area contributed by atoms with Crippen LogP contribution in [0.15, 0.2) is 36.4 Å². The first-order valence-corrected chi connectivity index (χ1v) is 9.08. The van der Waals surface area contributed by atoms with E-state index in [4.69, 9.17) is 33.0 Å². The Hall–Kier alpha value is -2.88. The molecule has 0 unspecified atom stereocenters. The van der Waals surface area contributed by atoms with Gasteiger partial charge in [0.25, 0.3) is 11.6 Å². The summed E-state index contributed by atoms with van der Waals surface area (Å²) in [5.41, 5.74) is -0.00439. The quantitative estimate of drug-likeness (QED) is 0.324. The predicted molar refractivity (Wildman–Crippen MR) is 109 cm³/mol. The van der Waals surface area contributed by atoms with Crippen molar-refractivity contribution in [3.05, 3.63) is 62.1 Å². The second kappa shape index (κ2) is 10.1. The van der Waals surface area contributed by atoms with Gasteiger partial charge in [-0.3, -0.25) is 14.9 Å². The molecule has 9 nitrogen and oxygen atoms in total. The molecule has 11 heteroatoms. The van der Waals surface area contributed by atoms with Crippen LogP contribution in [0, 0.1) is 10.1 Å². The summed E-state index contributed by atoms with van der Waals surface area (Å²) in [5.74, 6) is -1.62. The maximum Gasteiger partial charge on any atom is 0.341 e. The maximum atomic E-state index is 12.5.